The Morgan fingerprint density at radius 2 is 1.83 bits per heavy atom. The first-order valence-corrected chi connectivity index (χ1v) is 7.81. The Labute approximate surface area is 135 Å². The van der Waals surface area contributed by atoms with Gasteiger partial charge in [-0.1, -0.05) is 36.4 Å². The molecular weight excluding hydrogens is 302 g/mol. The molecule has 0 saturated carbocycles. The van der Waals surface area contributed by atoms with E-state index in [0.29, 0.717) is 5.70 Å². The highest BCUT2D eigenvalue weighted by atomic mass is 16.2. The first-order chi connectivity index (χ1) is 11.7. The molecule has 1 unspecified atom stereocenters. The summed E-state index contributed by atoms with van der Waals surface area (Å²) in [5, 5.41) is 2.31. The molecule has 7 rings (SSSR count). The van der Waals surface area contributed by atoms with Gasteiger partial charge in [0.05, 0.1) is 5.70 Å². The molecule has 5 heteroatoms. The SMILES string of the molecule is O=c1[nH]c(=O)n2n1C1=CC3=c4ccc5c(c4C=CC32C=C1)C=CC=5. The number of nitrogens with one attached hydrogen (secondary N) is 1. The van der Waals surface area contributed by atoms with Crippen LogP contribution in [-0.2, 0) is 5.54 Å². The van der Waals surface area contributed by atoms with Crippen molar-refractivity contribution in [2.24, 2.45) is 0 Å². The summed E-state index contributed by atoms with van der Waals surface area (Å²) in [7, 11) is 0. The molecule has 0 fully saturated rings. The highest BCUT2D eigenvalue weighted by Crippen LogP contribution is 2.41. The van der Waals surface area contributed by atoms with Crippen LogP contribution in [0.1, 0.15) is 11.1 Å². The van der Waals surface area contributed by atoms with E-state index in [2.05, 4.69) is 35.3 Å². The third-order valence-corrected chi connectivity index (χ3v) is 5.28. The molecule has 2 aliphatic heterocycles. The van der Waals surface area contributed by atoms with Gasteiger partial charge in [0.1, 0.15) is 5.54 Å². The average molecular weight is 313 g/mol. The summed E-state index contributed by atoms with van der Waals surface area (Å²) in [6.45, 7) is 0. The molecule has 1 spiro atoms. The second kappa shape index (κ2) is 3.59. The van der Waals surface area contributed by atoms with Crippen LogP contribution in [0, 0.1) is 0 Å². The van der Waals surface area contributed by atoms with Gasteiger partial charge in [-0.3, -0.25) is 4.98 Å². The van der Waals surface area contributed by atoms with Gasteiger partial charge >= 0.3 is 11.4 Å². The summed E-state index contributed by atoms with van der Waals surface area (Å²) in [6.07, 6.45) is 16.2. The lowest BCUT2D eigenvalue weighted by Crippen LogP contribution is -2.50. The molecule has 2 aromatic rings. The van der Waals surface area contributed by atoms with E-state index in [1.165, 1.54) is 20.1 Å². The summed E-state index contributed by atoms with van der Waals surface area (Å²) in [5.41, 5.74) is 2.56. The first-order valence-electron chi connectivity index (χ1n) is 7.81. The van der Waals surface area contributed by atoms with Crippen LogP contribution in [0.25, 0.3) is 29.5 Å². The predicted molar refractivity (Wildman–Crippen MR) is 92.3 cm³/mol. The van der Waals surface area contributed by atoms with Crippen molar-refractivity contribution in [3.05, 3.63) is 85.0 Å². The Hall–Kier alpha value is -3.34. The number of hydrogen-bond donors (Lipinski definition) is 1. The third kappa shape index (κ3) is 1.13. The topological polar surface area (TPSA) is 59.8 Å². The molecule has 114 valence electrons. The lowest BCUT2D eigenvalue weighted by atomic mass is 9.77. The summed E-state index contributed by atoms with van der Waals surface area (Å²) in [4.78, 5) is 26.9. The number of hydrogen-bond acceptors (Lipinski definition) is 2. The Balaban J connectivity index is 1.85. The summed E-state index contributed by atoms with van der Waals surface area (Å²) in [6, 6.07) is 4.20. The Kier molecular flexibility index (Phi) is 1.81. The van der Waals surface area contributed by atoms with Gasteiger partial charge < -0.3 is 0 Å². The maximum atomic E-state index is 12.4. The molecule has 0 saturated heterocycles. The minimum atomic E-state index is -0.745. The van der Waals surface area contributed by atoms with Crippen molar-refractivity contribution in [1.29, 1.82) is 0 Å². The van der Waals surface area contributed by atoms with Crippen molar-refractivity contribution >= 4 is 29.5 Å². The van der Waals surface area contributed by atoms with E-state index in [1.54, 1.807) is 0 Å². The number of nitrogens with zero attached hydrogens (tertiary/aromatic N) is 2. The monoisotopic (exact) mass is 313 g/mol. The maximum Gasteiger partial charge on any atom is 0.349 e. The van der Waals surface area contributed by atoms with Gasteiger partial charge in [-0.2, -0.15) is 4.68 Å². The van der Waals surface area contributed by atoms with Crippen LogP contribution in [0.3, 0.4) is 0 Å². The fraction of sp³-hybridized carbons (Fsp3) is 0.0526. The van der Waals surface area contributed by atoms with Crippen molar-refractivity contribution < 1.29 is 0 Å². The minimum absolute atomic E-state index is 0.394. The largest absolute Gasteiger partial charge is 0.349 e. The Bertz CT molecular complexity index is 1340. The number of aromatic amines is 1. The van der Waals surface area contributed by atoms with E-state index in [-0.39, 0.29) is 0 Å². The van der Waals surface area contributed by atoms with E-state index < -0.39 is 16.9 Å². The lowest BCUT2D eigenvalue weighted by Gasteiger charge is -2.40. The van der Waals surface area contributed by atoms with Gasteiger partial charge in [0.15, 0.2) is 0 Å². The summed E-state index contributed by atoms with van der Waals surface area (Å²) < 4.78 is 2.93. The normalized spacial score (nSPS) is 23.5. The van der Waals surface area contributed by atoms with E-state index in [0.717, 1.165) is 16.4 Å². The number of aromatic nitrogens is 3. The van der Waals surface area contributed by atoms with Gasteiger partial charge in [-0.15, -0.1) is 0 Å². The van der Waals surface area contributed by atoms with E-state index in [4.69, 9.17) is 0 Å². The molecule has 0 radical (unpaired) electrons. The number of fused-ring (bicyclic) bond motifs is 3. The van der Waals surface area contributed by atoms with Crippen LogP contribution in [0.4, 0.5) is 0 Å². The molecule has 1 aromatic heterocycles. The molecule has 5 aliphatic rings. The molecular formula is C19H11N3O2. The molecule has 1 N–H and O–H groups in total. The van der Waals surface area contributed by atoms with Crippen molar-refractivity contribution in [2.75, 3.05) is 0 Å². The smallest absolute Gasteiger partial charge is 0.256 e. The number of rotatable bonds is 0. The number of benzene rings is 1. The Morgan fingerprint density at radius 3 is 2.75 bits per heavy atom. The zero-order chi connectivity index (χ0) is 16.1. The first kappa shape index (κ1) is 12.1. The fourth-order valence-corrected chi connectivity index (χ4v) is 4.24. The average Bonchev–Trinajstić information content (AvgIpc) is 3.20. The zero-order valence-corrected chi connectivity index (χ0v) is 12.5. The standard InChI is InChI=1S/C19H11N3O2/c23-17-20-18(24)22-19-8-6-12(21(17)22)10-16(19)15-5-4-11-2-1-3-13(11)14(15)7-9-19/h1-10H,(H,20,23,24). The highest BCUT2D eigenvalue weighted by molar-refractivity contribution is 5.90. The van der Waals surface area contributed by atoms with Gasteiger partial charge in [-0.05, 0) is 51.4 Å². The number of H-pyrrole nitrogens is 1. The summed E-state index contributed by atoms with van der Waals surface area (Å²) in [5.74, 6) is 0. The van der Waals surface area contributed by atoms with Crippen LogP contribution in [-0.4, -0.2) is 14.3 Å². The van der Waals surface area contributed by atoms with Crippen molar-refractivity contribution in [1.82, 2.24) is 14.3 Å². The van der Waals surface area contributed by atoms with Crippen molar-refractivity contribution in [3.63, 3.8) is 0 Å². The van der Waals surface area contributed by atoms with E-state index in [1.807, 2.05) is 30.4 Å². The van der Waals surface area contributed by atoms with E-state index >= 15 is 0 Å². The molecule has 24 heavy (non-hydrogen) atoms. The molecule has 0 amide bonds. The van der Waals surface area contributed by atoms with Gasteiger partial charge in [0.25, 0.3) is 0 Å². The predicted octanol–water partition coefficient (Wildman–Crippen LogP) is 0.143. The quantitative estimate of drug-likeness (QED) is 0.752. The molecule has 1 aromatic carbocycles. The third-order valence-electron chi connectivity index (χ3n) is 5.28. The van der Waals surface area contributed by atoms with Gasteiger partial charge in [0, 0.05) is 0 Å². The summed E-state index contributed by atoms with van der Waals surface area (Å²) >= 11 is 0. The van der Waals surface area contributed by atoms with Gasteiger partial charge in [0.2, 0.25) is 0 Å². The van der Waals surface area contributed by atoms with Gasteiger partial charge in [-0.25, -0.2) is 14.3 Å². The van der Waals surface area contributed by atoms with Crippen LogP contribution >= 0.6 is 0 Å². The molecule has 5 nitrogen and oxygen atoms in total. The van der Waals surface area contributed by atoms with Crippen LogP contribution in [0.2, 0.25) is 0 Å². The lowest BCUT2D eigenvalue weighted by molar-refractivity contribution is 0.441. The van der Waals surface area contributed by atoms with Crippen LogP contribution in [0.15, 0.2) is 52.1 Å². The minimum Gasteiger partial charge on any atom is -0.256 e. The zero-order valence-electron chi connectivity index (χ0n) is 12.5. The molecule has 3 aliphatic carbocycles. The molecule has 1 atom stereocenters. The second-order valence-electron chi connectivity index (χ2n) is 6.39. The van der Waals surface area contributed by atoms with Crippen molar-refractivity contribution in [2.45, 2.75) is 5.54 Å². The van der Waals surface area contributed by atoms with Crippen LogP contribution in [0.5, 0.6) is 0 Å². The van der Waals surface area contributed by atoms with Crippen molar-refractivity contribution in [3.8, 4) is 0 Å². The second-order valence-corrected chi connectivity index (χ2v) is 6.39. The van der Waals surface area contributed by atoms with Crippen LogP contribution < -0.4 is 21.8 Å². The number of allylic oxidation sites excluding steroid dienone is 6. The van der Waals surface area contributed by atoms with E-state index in [9.17, 15) is 9.59 Å². The molecule has 2 bridgehead atoms. The highest BCUT2D eigenvalue weighted by Gasteiger charge is 2.43. The maximum absolute atomic E-state index is 12.4. The Morgan fingerprint density at radius 1 is 0.958 bits per heavy atom. The fourth-order valence-electron chi connectivity index (χ4n) is 4.24. The molecule has 3 heterocycles.